The molecular weight excluding hydrogens is 379 g/mol. The molecule has 0 amide bonds. The van der Waals surface area contributed by atoms with Gasteiger partial charge < -0.3 is 4.98 Å². The molecule has 0 fully saturated rings. The maximum absolute atomic E-state index is 13.5. The van der Waals surface area contributed by atoms with Crippen molar-refractivity contribution in [1.29, 1.82) is 0 Å². The van der Waals surface area contributed by atoms with Crippen molar-refractivity contribution in [2.45, 2.75) is 39.5 Å². The summed E-state index contributed by atoms with van der Waals surface area (Å²) in [6, 6.07) is 13.0. The number of aromatic nitrogens is 3. The Balaban J connectivity index is 1.55. The summed E-state index contributed by atoms with van der Waals surface area (Å²) in [6.07, 6.45) is 3.96. The molecule has 0 aliphatic heterocycles. The standard InChI is InChI=1S/C24H25FN4O/c1-15(11-16-5-7-17(8-6-16)24(2,3)4)13-27-29-14-26-21-19-12-18(25)9-10-20(19)28-22(21)23(29)30/h5-10,12-15,28H,11H2,1-4H3/b27-13-/t15-/m0/s1. The monoisotopic (exact) mass is 404 g/mol. The molecule has 1 N–H and O–H groups in total. The summed E-state index contributed by atoms with van der Waals surface area (Å²) in [5.74, 6) is -0.221. The molecular formula is C24H25FN4O. The predicted molar refractivity (Wildman–Crippen MR) is 120 cm³/mol. The summed E-state index contributed by atoms with van der Waals surface area (Å²) >= 11 is 0. The minimum Gasteiger partial charge on any atom is -0.349 e. The molecule has 4 rings (SSSR count). The van der Waals surface area contributed by atoms with Crippen LogP contribution in [0.4, 0.5) is 4.39 Å². The van der Waals surface area contributed by atoms with Gasteiger partial charge in [-0.25, -0.2) is 9.37 Å². The van der Waals surface area contributed by atoms with E-state index in [1.54, 1.807) is 12.3 Å². The minimum absolute atomic E-state index is 0.132. The number of nitrogens with one attached hydrogen (secondary N) is 1. The van der Waals surface area contributed by atoms with E-state index in [4.69, 9.17) is 0 Å². The highest BCUT2D eigenvalue weighted by Crippen LogP contribution is 2.23. The van der Waals surface area contributed by atoms with E-state index in [0.29, 0.717) is 21.9 Å². The van der Waals surface area contributed by atoms with Gasteiger partial charge in [0, 0.05) is 17.1 Å². The van der Waals surface area contributed by atoms with Crippen LogP contribution in [0.5, 0.6) is 0 Å². The minimum atomic E-state index is -0.364. The Bertz CT molecular complexity index is 1290. The summed E-state index contributed by atoms with van der Waals surface area (Å²) in [5, 5.41) is 4.91. The van der Waals surface area contributed by atoms with Gasteiger partial charge >= 0.3 is 0 Å². The number of benzene rings is 2. The van der Waals surface area contributed by atoms with Gasteiger partial charge in [0.1, 0.15) is 23.2 Å². The zero-order valence-electron chi connectivity index (χ0n) is 17.6. The first-order valence-corrected chi connectivity index (χ1v) is 10.0. The number of aromatic amines is 1. The lowest BCUT2D eigenvalue weighted by atomic mass is 9.86. The molecule has 0 aliphatic rings. The summed E-state index contributed by atoms with van der Waals surface area (Å²) in [7, 11) is 0. The zero-order chi connectivity index (χ0) is 21.5. The van der Waals surface area contributed by atoms with Crippen LogP contribution in [0.1, 0.15) is 38.8 Å². The summed E-state index contributed by atoms with van der Waals surface area (Å²) in [5.41, 5.74) is 3.79. The van der Waals surface area contributed by atoms with Crippen molar-refractivity contribution in [2.24, 2.45) is 11.0 Å². The normalized spacial score (nSPS) is 13.5. The van der Waals surface area contributed by atoms with Gasteiger partial charge in [0.25, 0.3) is 5.56 Å². The zero-order valence-corrected chi connectivity index (χ0v) is 17.6. The van der Waals surface area contributed by atoms with Crippen LogP contribution >= 0.6 is 0 Å². The Hall–Kier alpha value is -3.28. The number of halogens is 1. The van der Waals surface area contributed by atoms with Crippen LogP contribution in [0.3, 0.4) is 0 Å². The smallest absolute Gasteiger partial charge is 0.298 e. The van der Waals surface area contributed by atoms with Gasteiger partial charge in [-0.1, -0.05) is 52.0 Å². The Labute approximate surface area is 174 Å². The van der Waals surface area contributed by atoms with Crippen molar-refractivity contribution < 1.29 is 4.39 Å². The number of fused-ring (bicyclic) bond motifs is 3. The maximum atomic E-state index is 13.5. The molecule has 4 aromatic rings. The highest BCUT2D eigenvalue weighted by Gasteiger charge is 2.14. The predicted octanol–water partition coefficient (Wildman–Crippen LogP) is 5.03. The third kappa shape index (κ3) is 3.90. The second-order valence-electron chi connectivity index (χ2n) is 8.83. The first-order valence-electron chi connectivity index (χ1n) is 10.0. The molecule has 0 saturated heterocycles. The first-order chi connectivity index (χ1) is 14.2. The van der Waals surface area contributed by atoms with Crippen LogP contribution in [0.15, 0.2) is 58.7 Å². The molecule has 0 saturated carbocycles. The highest BCUT2D eigenvalue weighted by atomic mass is 19.1. The average Bonchev–Trinajstić information content (AvgIpc) is 3.06. The molecule has 2 heterocycles. The first kappa shape index (κ1) is 20.0. The van der Waals surface area contributed by atoms with Gasteiger partial charge in [-0.3, -0.25) is 4.79 Å². The number of hydrogen-bond acceptors (Lipinski definition) is 3. The average molecular weight is 404 g/mol. The van der Waals surface area contributed by atoms with Crippen LogP contribution in [-0.2, 0) is 11.8 Å². The van der Waals surface area contributed by atoms with Crippen LogP contribution in [0.2, 0.25) is 0 Å². The van der Waals surface area contributed by atoms with E-state index in [1.165, 1.54) is 34.3 Å². The van der Waals surface area contributed by atoms with Crippen LogP contribution in [0, 0.1) is 11.7 Å². The Kier molecular flexibility index (Phi) is 5.02. The Morgan fingerprint density at radius 2 is 1.93 bits per heavy atom. The lowest BCUT2D eigenvalue weighted by molar-refractivity contribution is 0.589. The fourth-order valence-corrected chi connectivity index (χ4v) is 3.55. The maximum Gasteiger partial charge on any atom is 0.298 e. The Morgan fingerprint density at radius 3 is 2.63 bits per heavy atom. The fraction of sp³-hybridized carbons (Fsp3) is 0.292. The highest BCUT2D eigenvalue weighted by molar-refractivity contribution is 6.04. The third-order valence-electron chi connectivity index (χ3n) is 5.27. The van der Waals surface area contributed by atoms with Gasteiger partial charge in [-0.15, -0.1) is 0 Å². The SMILES string of the molecule is C[C@H](/C=N\n1cnc2c([nH]c3ccc(F)cc32)c1=O)Cc1ccc(C(C)(C)C)cc1. The van der Waals surface area contributed by atoms with Crippen molar-refractivity contribution in [3.05, 3.63) is 76.1 Å². The van der Waals surface area contributed by atoms with E-state index in [-0.39, 0.29) is 22.7 Å². The largest absolute Gasteiger partial charge is 0.349 e. The number of nitrogens with zero attached hydrogens (tertiary/aromatic N) is 3. The molecule has 6 heteroatoms. The van der Waals surface area contributed by atoms with Gasteiger partial charge in [0.05, 0.1) is 0 Å². The lowest BCUT2D eigenvalue weighted by Crippen LogP contribution is -2.18. The second-order valence-corrected chi connectivity index (χ2v) is 8.83. The summed E-state index contributed by atoms with van der Waals surface area (Å²) in [6.45, 7) is 8.65. The number of rotatable bonds is 4. The summed E-state index contributed by atoms with van der Waals surface area (Å²) < 4.78 is 14.8. The van der Waals surface area contributed by atoms with Crippen LogP contribution in [0.25, 0.3) is 21.9 Å². The molecule has 1 atom stereocenters. The van der Waals surface area contributed by atoms with Crippen molar-refractivity contribution in [3.63, 3.8) is 0 Å². The molecule has 2 aromatic heterocycles. The second kappa shape index (κ2) is 7.52. The number of H-pyrrole nitrogens is 1. The molecule has 30 heavy (non-hydrogen) atoms. The Morgan fingerprint density at radius 1 is 1.20 bits per heavy atom. The quantitative estimate of drug-likeness (QED) is 0.485. The van der Waals surface area contributed by atoms with Gasteiger partial charge in [0.15, 0.2) is 0 Å². The van der Waals surface area contributed by atoms with E-state index in [2.05, 4.69) is 67.0 Å². The van der Waals surface area contributed by atoms with E-state index in [9.17, 15) is 9.18 Å². The van der Waals surface area contributed by atoms with Crippen LogP contribution in [-0.4, -0.2) is 20.9 Å². The molecule has 154 valence electrons. The summed E-state index contributed by atoms with van der Waals surface area (Å²) in [4.78, 5) is 20.1. The fourth-order valence-electron chi connectivity index (χ4n) is 3.55. The van der Waals surface area contributed by atoms with E-state index in [0.717, 1.165) is 6.42 Å². The van der Waals surface area contributed by atoms with Crippen molar-refractivity contribution in [3.8, 4) is 0 Å². The lowest BCUT2D eigenvalue weighted by Gasteiger charge is -2.19. The van der Waals surface area contributed by atoms with Gasteiger partial charge in [-0.05, 0) is 47.1 Å². The van der Waals surface area contributed by atoms with E-state index >= 15 is 0 Å². The molecule has 0 bridgehead atoms. The molecule has 0 radical (unpaired) electrons. The third-order valence-corrected chi connectivity index (χ3v) is 5.27. The van der Waals surface area contributed by atoms with E-state index < -0.39 is 0 Å². The topological polar surface area (TPSA) is 63.0 Å². The van der Waals surface area contributed by atoms with Crippen molar-refractivity contribution in [1.82, 2.24) is 14.6 Å². The van der Waals surface area contributed by atoms with Crippen molar-refractivity contribution >= 4 is 28.2 Å². The van der Waals surface area contributed by atoms with E-state index in [1.807, 2.05) is 0 Å². The molecule has 0 aliphatic carbocycles. The molecule has 5 nitrogen and oxygen atoms in total. The molecule has 0 spiro atoms. The van der Waals surface area contributed by atoms with Crippen molar-refractivity contribution in [2.75, 3.05) is 0 Å². The number of hydrogen-bond donors (Lipinski definition) is 1. The van der Waals surface area contributed by atoms with Gasteiger partial charge in [0.2, 0.25) is 0 Å². The molecule has 2 aromatic carbocycles. The van der Waals surface area contributed by atoms with Crippen LogP contribution < -0.4 is 5.56 Å². The van der Waals surface area contributed by atoms with Gasteiger partial charge in [-0.2, -0.15) is 9.78 Å². The molecule has 0 unspecified atom stereocenters.